The van der Waals surface area contributed by atoms with Gasteiger partial charge in [0.15, 0.2) is 0 Å². The van der Waals surface area contributed by atoms with Crippen molar-refractivity contribution in [2.24, 2.45) is 0 Å². The fourth-order valence-electron chi connectivity index (χ4n) is 0.539. The van der Waals surface area contributed by atoms with E-state index in [1.54, 1.807) is 0 Å². The Labute approximate surface area is 101 Å². The van der Waals surface area contributed by atoms with Crippen LogP contribution in [0.3, 0.4) is 0 Å². The first-order valence-electron chi connectivity index (χ1n) is 3.02. The third kappa shape index (κ3) is 10.7. The molecule has 0 saturated carbocycles. The zero-order valence-electron chi connectivity index (χ0n) is 4.98. The summed E-state index contributed by atoms with van der Waals surface area (Å²) in [6.07, 6.45) is 4.68. The second kappa shape index (κ2) is 11.5. The van der Waals surface area contributed by atoms with E-state index in [0.29, 0.717) is 6.61 Å². The van der Waals surface area contributed by atoms with Crippen LogP contribution in [-0.4, -0.2) is 69.9 Å². The molecule has 0 spiro atoms. The van der Waals surface area contributed by atoms with Crippen molar-refractivity contribution in [1.82, 2.24) is 0 Å². The average molecular weight is 189 g/mol. The van der Waals surface area contributed by atoms with E-state index in [-0.39, 0.29) is 58.2 Å². The summed E-state index contributed by atoms with van der Waals surface area (Å²) in [6.45, 7) is 2.53. The Bertz CT molecular complexity index is 27.7. The molecule has 0 aromatic carbocycles. The van der Waals surface area contributed by atoms with Gasteiger partial charge in [-0.05, 0) is 6.42 Å². The van der Waals surface area contributed by atoms with Gasteiger partial charge in [0.25, 0.3) is 0 Å². The molecule has 0 rings (SSSR count). The van der Waals surface area contributed by atoms with Gasteiger partial charge in [0.2, 0.25) is 0 Å². The van der Waals surface area contributed by atoms with Gasteiger partial charge in [0.1, 0.15) is 0 Å². The van der Waals surface area contributed by atoms with Gasteiger partial charge in [-0.3, -0.25) is 0 Å². The summed E-state index contributed by atoms with van der Waals surface area (Å²) in [5, 5.41) is 8.29. The van der Waals surface area contributed by atoms with E-state index >= 15 is 0 Å². The fourth-order valence-corrected chi connectivity index (χ4v) is 0.539. The number of aliphatic hydroxyl groups is 1. The molecular weight excluding hydrogens is 174 g/mol. The normalized spacial score (nSPS) is 8.25. The number of unbranched alkanes of at least 4 members (excludes halogenated alkanes) is 3. The number of aliphatic hydroxyl groups excluding tert-OH is 1. The van der Waals surface area contributed by atoms with Crippen molar-refractivity contribution in [3.63, 3.8) is 0 Å². The Morgan fingerprint density at radius 3 is 2.12 bits per heavy atom. The van der Waals surface area contributed by atoms with Gasteiger partial charge < -0.3 is 5.11 Å². The molecule has 1 N–H and O–H groups in total. The van der Waals surface area contributed by atoms with Crippen LogP contribution in [0.5, 0.6) is 0 Å². The first kappa shape index (κ1) is 12.4. The zero-order chi connectivity index (χ0) is 5.54. The van der Waals surface area contributed by atoms with Crippen LogP contribution in [-0.2, 0) is 0 Å². The van der Waals surface area contributed by atoms with Gasteiger partial charge >= 0.3 is 58.2 Å². The van der Waals surface area contributed by atoms with E-state index in [1.807, 2.05) is 0 Å². The summed E-state index contributed by atoms with van der Waals surface area (Å²) in [5.74, 6) is 0. The van der Waals surface area contributed by atoms with Crippen LogP contribution >= 0.6 is 0 Å². The Morgan fingerprint density at radius 2 is 1.75 bits per heavy atom. The second-order valence-corrected chi connectivity index (χ2v) is 1.78. The maximum atomic E-state index is 8.29. The van der Waals surface area contributed by atoms with E-state index in [9.17, 15) is 0 Å². The van der Waals surface area contributed by atoms with Gasteiger partial charge in [0, 0.05) is 6.61 Å². The topological polar surface area (TPSA) is 20.2 Å². The quantitative estimate of drug-likeness (QED) is 0.651. The van der Waals surface area contributed by atoms with Crippen LogP contribution in [0, 0.1) is 0 Å². The Balaban J connectivity index is 0. The van der Waals surface area contributed by atoms with E-state index < -0.39 is 0 Å². The molecule has 0 saturated heterocycles. The molecule has 1 nitrogen and oxygen atoms in total. The molecule has 0 unspecified atom stereocenters. The number of hydrogen-bond acceptors (Lipinski definition) is 1. The maximum absolute atomic E-state index is 8.29. The van der Waals surface area contributed by atoms with E-state index in [0.717, 1.165) is 6.42 Å². The summed E-state index contributed by atoms with van der Waals surface area (Å²) >= 11 is 0. The van der Waals surface area contributed by atoms with Crippen LogP contribution in [0.1, 0.15) is 32.6 Å². The van der Waals surface area contributed by atoms with Crippen LogP contribution < -0.4 is 0 Å². The Kier molecular flexibility index (Phi) is 18.0. The minimum absolute atomic E-state index is 0. The summed E-state index contributed by atoms with van der Waals surface area (Å²) in [7, 11) is 0. The van der Waals surface area contributed by atoms with Crippen molar-refractivity contribution in [2.75, 3.05) is 6.61 Å². The van der Waals surface area contributed by atoms with Crippen molar-refractivity contribution in [3.05, 3.63) is 0 Å². The Morgan fingerprint density at radius 1 is 1.12 bits per heavy atom. The third-order valence-corrected chi connectivity index (χ3v) is 1.01. The third-order valence-electron chi connectivity index (χ3n) is 1.01. The predicted molar refractivity (Wildman–Crippen MR) is 38.4 cm³/mol. The van der Waals surface area contributed by atoms with Crippen molar-refractivity contribution in [3.8, 4) is 0 Å². The van der Waals surface area contributed by atoms with Crippen LogP contribution in [0.25, 0.3) is 0 Å². The molecule has 0 heterocycles. The van der Waals surface area contributed by atoms with Crippen LogP contribution in [0.15, 0.2) is 0 Å². The standard InChI is InChI=1S/C6H14O.Rb.H/c1-2-3-4-5-6-7;;/h7H,2-6H2,1H3;;. The summed E-state index contributed by atoms with van der Waals surface area (Å²) in [4.78, 5) is 0. The van der Waals surface area contributed by atoms with E-state index in [4.69, 9.17) is 5.11 Å². The molecule has 0 aliphatic rings. The molecule has 0 aromatic heterocycles. The van der Waals surface area contributed by atoms with Gasteiger partial charge in [-0.2, -0.15) is 0 Å². The molecule has 46 valence electrons. The molecule has 0 atom stereocenters. The van der Waals surface area contributed by atoms with Crippen molar-refractivity contribution < 1.29 is 5.11 Å². The number of rotatable bonds is 4. The van der Waals surface area contributed by atoms with Gasteiger partial charge in [0.05, 0.1) is 0 Å². The first-order valence-corrected chi connectivity index (χ1v) is 3.02. The summed E-state index contributed by atoms with van der Waals surface area (Å²) in [5.41, 5.74) is 0. The molecule has 2 heteroatoms. The van der Waals surface area contributed by atoms with Gasteiger partial charge in [-0.15, -0.1) is 0 Å². The van der Waals surface area contributed by atoms with Gasteiger partial charge in [-0.1, -0.05) is 26.2 Å². The summed E-state index contributed by atoms with van der Waals surface area (Å²) in [6, 6.07) is 0. The van der Waals surface area contributed by atoms with Crippen LogP contribution in [0.2, 0.25) is 0 Å². The Hall–Kier alpha value is 1.77. The molecule has 8 heavy (non-hydrogen) atoms. The second-order valence-electron chi connectivity index (χ2n) is 1.78. The summed E-state index contributed by atoms with van der Waals surface area (Å²) < 4.78 is 0. The molecule has 0 aromatic rings. The van der Waals surface area contributed by atoms with E-state index in [2.05, 4.69) is 6.92 Å². The molecular formula is C6H15ORb. The molecule has 0 fully saturated rings. The monoisotopic (exact) mass is 188 g/mol. The molecule has 0 aliphatic carbocycles. The minimum atomic E-state index is 0. The molecule has 0 bridgehead atoms. The SMILES string of the molecule is CCCCCCO.[RbH]. The van der Waals surface area contributed by atoms with E-state index in [1.165, 1.54) is 19.3 Å². The molecule has 0 amide bonds. The zero-order valence-corrected chi connectivity index (χ0v) is 4.98. The van der Waals surface area contributed by atoms with Crippen LogP contribution in [0.4, 0.5) is 0 Å². The molecule has 0 aliphatic heterocycles. The fraction of sp³-hybridized carbons (Fsp3) is 1.00. The van der Waals surface area contributed by atoms with Crippen molar-refractivity contribution in [1.29, 1.82) is 0 Å². The van der Waals surface area contributed by atoms with Crippen molar-refractivity contribution >= 4 is 58.2 Å². The van der Waals surface area contributed by atoms with Crippen molar-refractivity contribution in [2.45, 2.75) is 32.6 Å². The average Bonchev–Trinajstić information content (AvgIpc) is 1.69. The van der Waals surface area contributed by atoms with Gasteiger partial charge in [-0.25, -0.2) is 0 Å². The first-order chi connectivity index (χ1) is 3.41. The molecule has 0 radical (unpaired) electrons. The number of hydrogen-bond donors (Lipinski definition) is 1. The predicted octanol–water partition coefficient (Wildman–Crippen LogP) is 0.910.